The number of alkyl halides is 4. The molecule has 1 N–H and O–H groups in total. The van der Waals surface area contributed by atoms with Crippen LogP contribution in [-0.2, 0) is 17.2 Å². The zero-order valence-electron chi connectivity index (χ0n) is 14.5. The summed E-state index contributed by atoms with van der Waals surface area (Å²) < 4.78 is 72.1. The third-order valence-electron chi connectivity index (χ3n) is 3.72. The lowest BCUT2D eigenvalue weighted by Gasteiger charge is -2.16. The van der Waals surface area contributed by atoms with Crippen molar-refractivity contribution in [3.8, 4) is 11.5 Å². The van der Waals surface area contributed by atoms with Crippen LogP contribution in [0.25, 0.3) is 11.0 Å². The van der Waals surface area contributed by atoms with Crippen molar-refractivity contribution >= 4 is 21.8 Å². The largest absolute Gasteiger partial charge is 0.497 e. The molecule has 1 atom stereocenters. The van der Waals surface area contributed by atoms with Gasteiger partial charge in [-0.1, -0.05) is 0 Å². The maximum Gasteiger partial charge on any atom is 0.461 e. The van der Waals surface area contributed by atoms with Crippen molar-refractivity contribution in [2.24, 2.45) is 0 Å². The lowest BCUT2D eigenvalue weighted by atomic mass is 10.3. The molecule has 0 aliphatic rings. The number of aryl methyl sites for hydroxylation is 1. The Morgan fingerprint density at radius 3 is 2.71 bits per heavy atom. The van der Waals surface area contributed by atoms with Crippen molar-refractivity contribution in [3.63, 3.8) is 0 Å². The molecule has 0 aliphatic heterocycles. The van der Waals surface area contributed by atoms with E-state index in [9.17, 15) is 21.8 Å². The maximum absolute atomic E-state index is 13.0. The Hall–Kier alpha value is -2.69. The average molecular weight is 417 g/mol. The van der Waals surface area contributed by atoms with E-state index in [1.54, 1.807) is 18.3 Å². The smallest absolute Gasteiger partial charge is 0.461 e. The predicted molar refractivity (Wildman–Crippen MR) is 93.4 cm³/mol. The lowest BCUT2D eigenvalue weighted by molar-refractivity contribution is -0.253. The van der Waals surface area contributed by atoms with Crippen LogP contribution in [0, 0.1) is 0 Å². The molecule has 0 bridgehead atoms. The molecule has 3 rings (SSSR count). The van der Waals surface area contributed by atoms with Gasteiger partial charge >= 0.3 is 12.5 Å². The molecule has 2 aromatic heterocycles. The minimum atomic E-state index is -4.61. The molecule has 28 heavy (non-hydrogen) atoms. The number of methoxy groups -OCH3 is 1. The molecule has 6 nitrogen and oxygen atoms in total. The monoisotopic (exact) mass is 417 g/mol. The van der Waals surface area contributed by atoms with E-state index >= 15 is 0 Å². The Morgan fingerprint density at radius 1 is 1.21 bits per heavy atom. The van der Waals surface area contributed by atoms with Gasteiger partial charge in [-0.2, -0.15) is 17.6 Å². The number of halogens is 4. The van der Waals surface area contributed by atoms with Crippen molar-refractivity contribution in [1.82, 2.24) is 15.0 Å². The summed E-state index contributed by atoms with van der Waals surface area (Å²) >= 11 is 0. The van der Waals surface area contributed by atoms with Crippen molar-refractivity contribution in [1.29, 1.82) is 0 Å². The fourth-order valence-corrected chi connectivity index (χ4v) is 3.36. The molecule has 0 fully saturated rings. The van der Waals surface area contributed by atoms with Crippen molar-refractivity contribution in [2.45, 2.75) is 24.1 Å². The van der Waals surface area contributed by atoms with Crippen molar-refractivity contribution < 1.29 is 31.2 Å². The number of hydrogen-bond acceptors (Lipinski definition) is 5. The molecule has 3 aromatic rings. The topological polar surface area (TPSA) is 77.1 Å². The summed E-state index contributed by atoms with van der Waals surface area (Å²) in [5.41, 5.74) is 1.27. The van der Waals surface area contributed by atoms with Gasteiger partial charge in [0.15, 0.2) is 5.16 Å². The Bertz CT molecular complexity index is 997. The Morgan fingerprint density at radius 2 is 2.00 bits per heavy atom. The second-order valence-corrected chi connectivity index (χ2v) is 7.16. The van der Waals surface area contributed by atoms with Crippen LogP contribution in [-0.4, -0.2) is 44.6 Å². The van der Waals surface area contributed by atoms with Crippen LogP contribution in [0.2, 0.25) is 0 Å². The third-order valence-corrected chi connectivity index (χ3v) is 4.92. The molecule has 0 radical (unpaired) electrons. The molecular weight excluding hydrogens is 402 g/mol. The summed E-state index contributed by atoms with van der Waals surface area (Å²) in [4.78, 5) is 11.0. The van der Waals surface area contributed by atoms with Gasteiger partial charge in [-0.3, -0.25) is 9.19 Å². The van der Waals surface area contributed by atoms with Crippen molar-refractivity contribution in [3.05, 3.63) is 42.2 Å². The van der Waals surface area contributed by atoms with Gasteiger partial charge in [0, 0.05) is 36.2 Å². The Labute approximate surface area is 159 Å². The Balaban J connectivity index is 1.71. The fraction of sp³-hybridized carbons (Fsp3) is 0.294. The first-order valence-corrected chi connectivity index (χ1v) is 9.32. The summed E-state index contributed by atoms with van der Waals surface area (Å²) in [6, 6.07) is 6.92. The van der Waals surface area contributed by atoms with E-state index < -0.39 is 29.1 Å². The summed E-state index contributed by atoms with van der Waals surface area (Å²) in [5, 5.41) is 0.135. The molecule has 0 amide bonds. The summed E-state index contributed by atoms with van der Waals surface area (Å²) in [7, 11) is 0.0141. The number of nitrogens with zero attached hydrogens (tertiary/aromatic N) is 2. The minimum Gasteiger partial charge on any atom is -0.497 e. The van der Waals surface area contributed by atoms with Crippen LogP contribution in [0.3, 0.4) is 0 Å². The number of fused-ring (bicyclic) bond motifs is 1. The van der Waals surface area contributed by atoms with Gasteiger partial charge in [0.1, 0.15) is 11.5 Å². The van der Waals surface area contributed by atoms with Crippen LogP contribution in [0.1, 0.15) is 5.69 Å². The highest BCUT2D eigenvalue weighted by Crippen LogP contribution is 2.29. The summed E-state index contributed by atoms with van der Waals surface area (Å²) in [6.07, 6.45) is -6.59. The quantitative estimate of drug-likeness (QED) is 0.568. The number of nitrogens with one attached hydrogen (secondary N) is 1. The van der Waals surface area contributed by atoms with E-state index in [1.165, 1.54) is 13.2 Å². The van der Waals surface area contributed by atoms with Gasteiger partial charge in [0.25, 0.3) is 0 Å². The summed E-state index contributed by atoms with van der Waals surface area (Å²) in [5.74, 6) is 0.388. The first-order valence-electron chi connectivity index (χ1n) is 8.00. The highest BCUT2D eigenvalue weighted by molar-refractivity contribution is 7.84. The fourth-order valence-electron chi connectivity index (χ4n) is 2.35. The van der Waals surface area contributed by atoms with Gasteiger partial charge in [-0.25, -0.2) is 4.98 Å². The molecule has 0 spiro atoms. The zero-order chi connectivity index (χ0) is 20.3. The second-order valence-electron chi connectivity index (χ2n) is 5.67. The Kier molecular flexibility index (Phi) is 5.82. The number of pyridine rings is 1. The summed E-state index contributed by atoms with van der Waals surface area (Å²) in [6.45, 7) is 0. The minimum absolute atomic E-state index is 0.135. The molecule has 11 heteroatoms. The number of aromatic nitrogens is 3. The van der Waals surface area contributed by atoms with E-state index in [1.807, 2.05) is 0 Å². The number of imidazole rings is 1. The molecule has 1 aromatic carbocycles. The number of aromatic amines is 1. The van der Waals surface area contributed by atoms with Gasteiger partial charge in [-0.15, -0.1) is 0 Å². The predicted octanol–water partition coefficient (Wildman–Crippen LogP) is 3.55. The molecule has 0 saturated heterocycles. The van der Waals surface area contributed by atoms with E-state index in [0.29, 0.717) is 23.4 Å². The zero-order valence-corrected chi connectivity index (χ0v) is 15.3. The van der Waals surface area contributed by atoms with E-state index in [0.717, 1.165) is 12.1 Å². The van der Waals surface area contributed by atoms with E-state index in [-0.39, 0.29) is 16.4 Å². The standard InChI is InChI=1S/C17H15F4N3O3S/c1-26-11-4-6-22-10(8-11)5-7-28(25)16-23-13-3-2-12(9-14(13)24-16)27-17(20,21)15(18)19/h2-4,6,8-9,15H,5,7H2,1H3,(H,23,24). The van der Waals surface area contributed by atoms with Crippen LogP contribution in [0.5, 0.6) is 11.5 Å². The number of hydrogen-bond donors (Lipinski definition) is 1. The number of benzene rings is 1. The van der Waals surface area contributed by atoms with Crippen LogP contribution >= 0.6 is 0 Å². The lowest BCUT2D eigenvalue weighted by Crippen LogP contribution is -2.33. The maximum atomic E-state index is 13.0. The third kappa shape index (κ3) is 4.58. The normalized spacial score (nSPS) is 13.1. The average Bonchev–Trinajstić information content (AvgIpc) is 3.09. The highest BCUT2D eigenvalue weighted by atomic mass is 32.2. The number of H-pyrrole nitrogens is 1. The first-order chi connectivity index (χ1) is 13.3. The van der Waals surface area contributed by atoms with Crippen molar-refractivity contribution in [2.75, 3.05) is 12.9 Å². The highest BCUT2D eigenvalue weighted by Gasteiger charge is 2.44. The van der Waals surface area contributed by atoms with Gasteiger partial charge in [0.2, 0.25) is 0 Å². The van der Waals surface area contributed by atoms with Crippen LogP contribution in [0.4, 0.5) is 17.6 Å². The second kappa shape index (κ2) is 8.13. The number of rotatable bonds is 8. The molecule has 0 saturated carbocycles. The van der Waals surface area contributed by atoms with Gasteiger partial charge in [0.05, 0.1) is 28.9 Å². The SMILES string of the molecule is COc1ccnc(CCS(=O)c2nc3ccc(OC(F)(F)C(F)F)cc3[nH]2)c1. The molecule has 0 aliphatic carbocycles. The molecule has 1 unspecified atom stereocenters. The van der Waals surface area contributed by atoms with E-state index in [4.69, 9.17) is 4.74 Å². The first kappa shape index (κ1) is 20.1. The van der Waals surface area contributed by atoms with Crippen LogP contribution in [0.15, 0.2) is 41.7 Å². The van der Waals surface area contributed by atoms with Gasteiger partial charge < -0.3 is 14.5 Å². The molecule has 150 valence electrons. The van der Waals surface area contributed by atoms with E-state index in [2.05, 4.69) is 19.7 Å². The van der Waals surface area contributed by atoms with Gasteiger partial charge in [-0.05, 0) is 18.2 Å². The van der Waals surface area contributed by atoms with Crippen LogP contribution < -0.4 is 9.47 Å². The number of ether oxygens (including phenoxy) is 2. The molecular formula is C17H15F4N3O3S. The molecule has 2 heterocycles.